The number of hydrogen-bond acceptors (Lipinski definition) is 3. The van der Waals surface area contributed by atoms with E-state index in [1.807, 2.05) is 31.2 Å². The fourth-order valence-electron chi connectivity index (χ4n) is 3.68. The van der Waals surface area contributed by atoms with Gasteiger partial charge in [-0.05, 0) is 67.4 Å². The molecule has 4 nitrogen and oxygen atoms in total. The highest BCUT2D eigenvalue weighted by Gasteiger charge is 2.25. The SMILES string of the molecule is Cc1ccc(NC(=S)N(Cc2ccc3c(c2)OCO3)C2CCCC2)cc1Cl. The zero-order chi connectivity index (χ0) is 18.8. The highest BCUT2D eigenvalue weighted by molar-refractivity contribution is 7.80. The molecule has 0 saturated heterocycles. The van der Waals surface area contributed by atoms with Crippen LogP contribution in [0.1, 0.15) is 36.8 Å². The second-order valence-electron chi connectivity index (χ2n) is 7.15. The molecule has 1 aliphatic heterocycles. The van der Waals surface area contributed by atoms with Gasteiger partial charge in [0.1, 0.15) is 0 Å². The number of ether oxygens (including phenoxy) is 2. The number of benzene rings is 2. The first kappa shape index (κ1) is 18.4. The van der Waals surface area contributed by atoms with E-state index in [-0.39, 0.29) is 0 Å². The van der Waals surface area contributed by atoms with E-state index in [1.54, 1.807) is 0 Å². The van der Waals surface area contributed by atoms with E-state index >= 15 is 0 Å². The van der Waals surface area contributed by atoms with Crippen LogP contribution in [0.4, 0.5) is 5.69 Å². The van der Waals surface area contributed by atoms with Crippen LogP contribution in [-0.2, 0) is 6.54 Å². The predicted molar refractivity (Wildman–Crippen MR) is 113 cm³/mol. The molecule has 1 aliphatic carbocycles. The van der Waals surface area contributed by atoms with E-state index in [0.29, 0.717) is 12.8 Å². The van der Waals surface area contributed by atoms with Gasteiger partial charge in [-0.25, -0.2) is 0 Å². The Kier molecular flexibility index (Phi) is 5.41. The fraction of sp³-hybridized carbons (Fsp3) is 0.381. The van der Waals surface area contributed by atoms with Crippen LogP contribution in [0.5, 0.6) is 11.5 Å². The van der Waals surface area contributed by atoms with E-state index in [1.165, 1.54) is 25.7 Å². The van der Waals surface area contributed by atoms with Crippen molar-refractivity contribution < 1.29 is 9.47 Å². The second-order valence-corrected chi connectivity index (χ2v) is 7.94. The van der Waals surface area contributed by atoms with Crippen LogP contribution in [0.25, 0.3) is 0 Å². The minimum absolute atomic E-state index is 0.291. The number of nitrogens with one attached hydrogen (secondary N) is 1. The van der Waals surface area contributed by atoms with Gasteiger partial charge in [0.25, 0.3) is 0 Å². The van der Waals surface area contributed by atoms with Crippen molar-refractivity contribution in [3.63, 3.8) is 0 Å². The first-order chi connectivity index (χ1) is 13.1. The number of anilines is 1. The average Bonchev–Trinajstić information content (AvgIpc) is 3.33. The lowest BCUT2D eigenvalue weighted by Gasteiger charge is -2.32. The van der Waals surface area contributed by atoms with E-state index < -0.39 is 0 Å². The highest BCUT2D eigenvalue weighted by Crippen LogP contribution is 2.34. The first-order valence-electron chi connectivity index (χ1n) is 9.32. The van der Waals surface area contributed by atoms with Crippen LogP contribution < -0.4 is 14.8 Å². The molecule has 2 aromatic carbocycles. The fourth-order valence-corrected chi connectivity index (χ4v) is 4.20. The summed E-state index contributed by atoms with van der Waals surface area (Å²) in [5.41, 5.74) is 3.14. The summed E-state index contributed by atoms with van der Waals surface area (Å²) < 4.78 is 10.9. The lowest BCUT2D eigenvalue weighted by Crippen LogP contribution is -2.40. The molecule has 0 bridgehead atoms. The maximum Gasteiger partial charge on any atom is 0.231 e. The third-order valence-electron chi connectivity index (χ3n) is 5.24. The third-order valence-corrected chi connectivity index (χ3v) is 5.98. The van der Waals surface area contributed by atoms with Crippen molar-refractivity contribution in [3.8, 4) is 11.5 Å². The molecule has 0 unspecified atom stereocenters. The monoisotopic (exact) mass is 402 g/mol. The number of aryl methyl sites for hydroxylation is 1. The highest BCUT2D eigenvalue weighted by atomic mass is 35.5. The number of rotatable bonds is 4. The summed E-state index contributed by atoms with van der Waals surface area (Å²) in [6.07, 6.45) is 4.84. The summed E-state index contributed by atoms with van der Waals surface area (Å²) in [5.74, 6) is 1.62. The molecule has 4 rings (SSSR count). The molecule has 0 amide bonds. The summed E-state index contributed by atoms with van der Waals surface area (Å²) >= 11 is 12.0. The zero-order valence-electron chi connectivity index (χ0n) is 15.3. The molecule has 0 spiro atoms. The molecule has 1 saturated carbocycles. The number of hydrogen-bond donors (Lipinski definition) is 1. The maximum atomic E-state index is 6.27. The van der Waals surface area contributed by atoms with E-state index in [2.05, 4.69) is 22.3 Å². The van der Waals surface area contributed by atoms with Crippen LogP contribution in [0.15, 0.2) is 36.4 Å². The Balaban J connectivity index is 1.53. The summed E-state index contributed by atoms with van der Waals surface area (Å²) in [7, 11) is 0. The smallest absolute Gasteiger partial charge is 0.231 e. The molecule has 1 fully saturated rings. The van der Waals surface area contributed by atoms with Crippen LogP contribution in [0.3, 0.4) is 0 Å². The number of halogens is 1. The number of thiocarbonyl (C=S) groups is 1. The van der Waals surface area contributed by atoms with Gasteiger partial charge < -0.3 is 19.7 Å². The Hall–Kier alpha value is -1.98. The topological polar surface area (TPSA) is 33.7 Å². The van der Waals surface area contributed by atoms with Gasteiger partial charge >= 0.3 is 0 Å². The summed E-state index contributed by atoms with van der Waals surface area (Å²) in [6, 6.07) is 12.5. The Morgan fingerprint density at radius 2 is 1.93 bits per heavy atom. The quantitative estimate of drug-likeness (QED) is 0.681. The Morgan fingerprint density at radius 1 is 1.15 bits per heavy atom. The molecular formula is C21H23ClN2O2S. The van der Waals surface area contributed by atoms with Crippen LogP contribution >= 0.6 is 23.8 Å². The van der Waals surface area contributed by atoms with Gasteiger partial charge in [0, 0.05) is 23.3 Å². The average molecular weight is 403 g/mol. The van der Waals surface area contributed by atoms with E-state index in [0.717, 1.165) is 45.0 Å². The summed E-state index contributed by atoms with van der Waals surface area (Å²) in [5, 5.41) is 4.85. The lowest BCUT2D eigenvalue weighted by atomic mass is 10.1. The minimum atomic E-state index is 0.291. The minimum Gasteiger partial charge on any atom is -0.454 e. The van der Waals surface area contributed by atoms with E-state index in [4.69, 9.17) is 33.3 Å². The normalized spacial score (nSPS) is 15.8. The van der Waals surface area contributed by atoms with Gasteiger partial charge in [-0.15, -0.1) is 0 Å². The number of nitrogens with zero attached hydrogens (tertiary/aromatic N) is 1. The molecule has 27 heavy (non-hydrogen) atoms. The van der Waals surface area contributed by atoms with Crippen LogP contribution in [0.2, 0.25) is 5.02 Å². The van der Waals surface area contributed by atoms with Crippen molar-refractivity contribution in [1.29, 1.82) is 0 Å². The van der Waals surface area contributed by atoms with Crippen molar-refractivity contribution in [3.05, 3.63) is 52.5 Å². The molecule has 0 radical (unpaired) electrons. The molecule has 142 valence electrons. The molecular weight excluding hydrogens is 380 g/mol. The van der Waals surface area contributed by atoms with Crippen molar-refractivity contribution in [2.75, 3.05) is 12.1 Å². The van der Waals surface area contributed by atoms with Gasteiger partial charge in [0.15, 0.2) is 16.6 Å². The summed E-state index contributed by atoms with van der Waals surface area (Å²) in [4.78, 5) is 2.30. The zero-order valence-corrected chi connectivity index (χ0v) is 16.9. The van der Waals surface area contributed by atoms with E-state index in [9.17, 15) is 0 Å². The number of fused-ring (bicyclic) bond motifs is 1. The summed E-state index contributed by atoms with van der Waals surface area (Å²) in [6.45, 7) is 3.03. The standard InChI is InChI=1S/C21H23ClN2O2S/c1-14-6-8-16(11-18(14)22)23-21(27)24(17-4-2-3-5-17)12-15-7-9-19-20(10-15)26-13-25-19/h6-11,17H,2-5,12-13H2,1H3,(H,23,27). The van der Waals surface area contributed by atoms with Gasteiger partial charge in [-0.3, -0.25) is 0 Å². The second kappa shape index (κ2) is 7.95. The van der Waals surface area contributed by atoms with Gasteiger partial charge in [0.05, 0.1) is 0 Å². The molecule has 0 atom stereocenters. The lowest BCUT2D eigenvalue weighted by molar-refractivity contribution is 0.174. The van der Waals surface area contributed by atoms with Gasteiger partial charge in [-0.2, -0.15) is 0 Å². The third kappa shape index (κ3) is 4.14. The predicted octanol–water partition coefficient (Wildman–Crippen LogP) is 5.52. The first-order valence-corrected chi connectivity index (χ1v) is 10.1. The Labute approximate surface area is 170 Å². The maximum absolute atomic E-state index is 6.27. The van der Waals surface area contributed by atoms with Crippen molar-refractivity contribution >= 4 is 34.6 Å². The van der Waals surface area contributed by atoms with Gasteiger partial charge in [-0.1, -0.05) is 36.6 Å². The Bertz CT molecular complexity index is 852. The molecule has 1 N–H and O–H groups in total. The van der Waals surface area contributed by atoms with Crippen molar-refractivity contribution in [2.24, 2.45) is 0 Å². The molecule has 0 aromatic heterocycles. The molecule has 6 heteroatoms. The van der Waals surface area contributed by atoms with Crippen LogP contribution in [0, 0.1) is 6.92 Å². The molecule has 2 aromatic rings. The van der Waals surface area contributed by atoms with Crippen molar-refractivity contribution in [1.82, 2.24) is 4.90 Å². The van der Waals surface area contributed by atoms with Crippen LogP contribution in [-0.4, -0.2) is 22.8 Å². The molecule has 1 heterocycles. The Morgan fingerprint density at radius 3 is 2.70 bits per heavy atom. The molecule has 2 aliphatic rings. The van der Waals surface area contributed by atoms with Crippen molar-refractivity contribution in [2.45, 2.75) is 45.2 Å². The largest absolute Gasteiger partial charge is 0.454 e. The van der Waals surface area contributed by atoms with Gasteiger partial charge in [0.2, 0.25) is 6.79 Å².